The fourth-order valence-corrected chi connectivity index (χ4v) is 4.15. The van der Waals surface area contributed by atoms with Gasteiger partial charge in [-0.1, -0.05) is 26.0 Å². The molecule has 0 fully saturated rings. The maximum absolute atomic E-state index is 13.9. The fraction of sp³-hybridized carbons (Fsp3) is 0.364. The summed E-state index contributed by atoms with van der Waals surface area (Å²) in [5.41, 5.74) is 4.40. The van der Waals surface area contributed by atoms with Gasteiger partial charge in [0, 0.05) is 0 Å². The van der Waals surface area contributed by atoms with Gasteiger partial charge in [0.15, 0.2) is 6.10 Å². The van der Waals surface area contributed by atoms with Crippen LogP contribution >= 0.6 is 0 Å². The van der Waals surface area contributed by atoms with E-state index in [1.165, 1.54) is 19.1 Å². The Morgan fingerprint density at radius 1 is 0.939 bits per heavy atom. The molecule has 2 atom stereocenters. The van der Waals surface area contributed by atoms with E-state index in [9.17, 15) is 22.4 Å². The number of halogens is 1. The van der Waals surface area contributed by atoms with E-state index < -0.39 is 50.6 Å². The van der Waals surface area contributed by atoms with Crippen molar-refractivity contribution >= 4 is 21.8 Å². The number of nitrogens with one attached hydrogen (secondary N) is 3. The van der Waals surface area contributed by atoms with Gasteiger partial charge in [0.2, 0.25) is 10.0 Å². The minimum atomic E-state index is -4.32. The van der Waals surface area contributed by atoms with E-state index in [0.717, 1.165) is 12.1 Å². The predicted octanol–water partition coefficient (Wildman–Crippen LogP) is 2.14. The van der Waals surface area contributed by atoms with Crippen LogP contribution in [0.25, 0.3) is 0 Å². The van der Waals surface area contributed by atoms with Crippen LogP contribution in [-0.2, 0) is 19.6 Å². The van der Waals surface area contributed by atoms with E-state index in [1.54, 1.807) is 38.1 Å². The number of carbonyl (C=O) groups excluding carboxylic acids is 2. The van der Waals surface area contributed by atoms with Crippen molar-refractivity contribution in [1.29, 1.82) is 0 Å². The van der Waals surface area contributed by atoms with E-state index in [0.29, 0.717) is 18.1 Å². The lowest BCUT2D eigenvalue weighted by Crippen LogP contribution is -2.55. The Morgan fingerprint density at radius 2 is 1.52 bits per heavy atom. The Kier molecular flexibility index (Phi) is 9.18. The van der Waals surface area contributed by atoms with Crippen LogP contribution in [0.2, 0.25) is 0 Å². The summed E-state index contributed by atoms with van der Waals surface area (Å²) in [4.78, 5) is 24.3. The summed E-state index contributed by atoms with van der Waals surface area (Å²) in [7, 11) is -4.32. The van der Waals surface area contributed by atoms with Crippen molar-refractivity contribution in [2.24, 2.45) is 5.92 Å². The summed E-state index contributed by atoms with van der Waals surface area (Å²) in [6.45, 7) is 7.08. The summed E-state index contributed by atoms with van der Waals surface area (Å²) in [5.74, 6) is -1.83. The Balaban J connectivity index is 1.97. The number of hydrogen-bond acceptors (Lipinski definition) is 6. The zero-order valence-corrected chi connectivity index (χ0v) is 19.6. The molecule has 0 aliphatic carbocycles. The van der Waals surface area contributed by atoms with Crippen LogP contribution in [0.15, 0.2) is 53.4 Å². The van der Waals surface area contributed by atoms with Crippen LogP contribution in [0.4, 0.5) is 4.39 Å². The molecule has 0 spiro atoms. The summed E-state index contributed by atoms with van der Waals surface area (Å²) in [6.07, 6.45) is -0.962. The standard InChI is InChI=1S/C22H28FN3O6S/c1-5-31-16-10-12-17(13-11-16)32-15(4)21(27)24-25-22(28)20(14(2)3)26-33(29,30)19-9-7-6-8-18(19)23/h6-15,20,26H,5H2,1-4H3,(H,24,27)(H,25,28)/t15?,20-/m0/s1. The molecule has 2 aromatic carbocycles. The highest BCUT2D eigenvalue weighted by Gasteiger charge is 2.30. The lowest BCUT2D eigenvalue weighted by molar-refractivity contribution is -0.133. The maximum atomic E-state index is 13.9. The molecule has 11 heteroatoms. The normalized spacial score (nSPS) is 13.2. The van der Waals surface area contributed by atoms with Crippen LogP contribution < -0.4 is 25.0 Å². The predicted molar refractivity (Wildman–Crippen MR) is 119 cm³/mol. The quantitative estimate of drug-likeness (QED) is 0.447. The van der Waals surface area contributed by atoms with Crippen LogP contribution in [0, 0.1) is 11.7 Å². The third kappa shape index (κ3) is 7.43. The van der Waals surface area contributed by atoms with Crippen molar-refractivity contribution in [3.05, 3.63) is 54.3 Å². The third-order valence-electron chi connectivity index (χ3n) is 4.48. The lowest BCUT2D eigenvalue weighted by atomic mass is 10.1. The van der Waals surface area contributed by atoms with Crippen LogP contribution in [0.5, 0.6) is 11.5 Å². The number of hydrazine groups is 1. The van der Waals surface area contributed by atoms with Crippen LogP contribution in [-0.4, -0.2) is 39.0 Å². The van der Waals surface area contributed by atoms with Gasteiger partial charge in [-0.2, -0.15) is 4.72 Å². The van der Waals surface area contributed by atoms with Gasteiger partial charge in [-0.05, 0) is 56.2 Å². The van der Waals surface area contributed by atoms with Crippen LogP contribution in [0.1, 0.15) is 27.7 Å². The number of hydrogen-bond donors (Lipinski definition) is 3. The monoisotopic (exact) mass is 481 g/mol. The average Bonchev–Trinajstić information content (AvgIpc) is 2.77. The van der Waals surface area contributed by atoms with Gasteiger partial charge in [0.25, 0.3) is 11.8 Å². The summed E-state index contributed by atoms with van der Waals surface area (Å²) in [5, 5.41) is 0. The molecule has 0 bridgehead atoms. The first-order valence-electron chi connectivity index (χ1n) is 10.3. The van der Waals surface area contributed by atoms with Gasteiger partial charge in [0.05, 0.1) is 6.61 Å². The van der Waals surface area contributed by atoms with Crippen molar-refractivity contribution in [2.75, 3.05) is 6.61 Å². The van der Waals surface area contributed by atoms with E-state index in [1.807, 2.05) is 6.92 Å². The average molecular weight is 482 g/mol. The minimum Gasteiger partial charge on any atom is -0.494 e. The Morgan fingerprint density at radius 3 is 2.09 bits per heavy atom. The van der Waals surface area contributed by atoms with Crippen molar-refractivity contribution < 1.29 is 31.9 Å². The molecule has 2 amide bonds. The molecule has 33 heavy (non-hydrogen) atoms. The highest BCUT2D eigenvalue weighted by atomic mass is 32.2. The smallest absolute Gasteiger partial charge is 0.279 e. The Bertz CT molecular complexity index is 1060. The molecule has 1 unspecified atom stereocenters. The van der Waals surface area contributed by atoms with Crippen molar-refractivity contribution in [3.8, 4) is 11.5 Å². The van der Waals surface area contributed by atoms with Crippen molar-refractivity contribution in [1.82, 2.24) is 15.6 Å². The number of rotatable bonds is 10. The second-order valence-corrected chi connectivity index (χ2v) is 9.10. The van der Waals surface area contributed by atoms with Crippen LogP contribution in [0.3, 0.4) is 0 Å². The number of benzene rings is 2. The first-order chi connectivity index (χ1) is 15.5. The number of sulfonamides is 1. The molecule has 0 aliphatic rings. The molecular formula is C22H28FN3O6S. The van der Waals surface area contributed by atoms with Crippen molar-refractivity contribution in [3.63, 3.8) is 0 Å². The van der Waals surface area contributed by atoms with Crippen molar-refractivity contribution in [2.45, 2.75) is 44.7 Å². The molecule has 180 valence electrons. The Hall–Kier alpha value is -3.18. The van der Waals surface area contributed by atoms with Gasteiger partial charge >= 0.3 is 0 Å². The molecule has 2 aromatic rings. The maximum Gasteiger partial charge on any atom is 0.279 e. The highest BCUT2D eigenvalue weighted by Crippen LogP contribution is 2.19. The topological polar surface area (TPSA) is 123 Å². The molecule has 0 saturated carbocycles. The zero-order valence-electron chi connectivity index (χ0n) is 18.8. The molecular weight excluding hydrogens is 453 g/mol. The van der Waals surface area contributed by atoms with E-state index in [2.05, 4.69) is 15.6 Å². The highest BCUT2D eigenvalue weighted by molar-refractivity contribution is 7.89. The molecule has 0 heterocycles. The lowest BCUT2D eigenvalue weighted by Gasteiger charge is -2.22. The second kappa shape index (κ2) is 11.6. The van der Waals surface area contributed by atoms with E-state index >= 15 is 0 Å². The molecule has 9 nitrogen and oxygen atoms in total. The summed E-state index contributed by atoms with van der Waals surface area (Å²) in [6, 6.07) is 10.2. The number of amides is 2. The molecule has 0 radical (unpaired) electrons. The van der Waals surface area contributed by atoms with E-state index in [4.69, 9.17) is 9.47 Å². The molecule has 0 aromatic heterocycles. The summed E-state index contributed by atoms with van der Waals surface area (Å²) >= 11 is 0. The SMILES string of the molecule is CCOc1ccc(OC(C)C(=O)NNC(=O)[C@@H](NS(=O)(=O)c2ccccc2F)C(C)C)cc1. The van der Waals surface area contributed by atoms with Gasteiger partial charge in [-0.15, -0.1) is 0 Å². The molecule has 0 saturated heterocycles. The van der Waals surface area contributed by atoms with Gasteiger partial charge in [-0.25, -0.2) is 12.8 Å². The number of carbonyl (C=O) groups is 2. The first kappa shape index (κ1) is 26.1. The molecule has 0 aliphatic heterocycles. The first-order valence-corrected chi connectivity index (χ1v) is 11.8. The van der Waals surface area contributed by atoms with Gasteiger partial charge in [0.1, 0.15) is 28.3 Å². The number of ether oxygens (including phenoxy) is 2. The second-order valence-electron chi connectivity index (χ2n) is 7.42. The summed E-state index contributed by atoms with van der Waals surface area (Å²) < 4.78 is 52.1. The fourth-order valence-electron chi connectivity index (χ4n) is 2.73. The zero-order chi connectivity index (χ0) is 24.6. The molecule has 2 rings (SSSR count). The Labute approximate surface area is 192 Å². The van der Waals surface area contributed by atoms with Gasteiger partial charge < -0.3 is 9.47 Å². The largest absolute Gasteiger partial charge is 0.494 e. The van der Waals surface area contributed by atoms with E-state index in [-0.39, 0.29) is 0 Å². The minimum absolute atomic E-state index is 0.421. The van der Waals surface area contributed by atoms with Gasteiger partial charge in [-0.3, -0.25) is 20.4 Å². The third-order valence-corrected chi connectivity index (χ3v) is 5.96. The molecule has 3 N–H and O–H groups in total.